The molecule has 0 bridgehead atoms. The molecule has 96 valence electrons. The van der Waals surface area contributed by atoms with Gasteiger partial charge in [0.25, 0.3) is 0 Å². The second-order valence-corrected chi connectivity index (χ2v) is 6.71. The molecule has 1 aromatic heterocycles. The summed E-state index contributed by atoms with van der Waals surface area (Å²) < 4.78 is 15.3. The number of halogens is 2. The average Bonchev–Trinajstić information content (AvgIpc) is 2.66. The minimum absolute atomic E-state index is 0.0973. The van der Waals surface area contributed by atoms with E-state index in [-0.39, 0.29) is 11.9 Å². The summed E-state index contributed by atoms with van der Waals surface area (Å²) in [6.07, 6.45) is 0. The van der Waals surface area contributed by atoms with Crippen LogP contribution in [-0.2, 0) is 0 Å². The first kappa shape index (κ1) is 13.7. The lowest BCUT2D eigenvalue weighted by atomic mass is 10.0. The standard InChI is InChI=1S/C14H15BrFNS/c1-8-5-4-6-10(12(8)16)13(17-3)11-7-9(2)14(15)18-11/h4-7,13,17H,1-3H3. The van der Waals surface area contributed by atoms with Crippen LogP contribution in [0.2, 0.25) is 0 Å². The summed E-state index contributed by atoms with van der Waals surface area (Å²) in [4.78, 5) is 1.12. The molecule has 0 aliphatic heterocycles. The minimum atomic E-state index is -0.126. The van der Waals surface area contributed by atoms with Crippen molar-refractivity contribution >= 4 is 27.3 Å². The number of thiophene rings is 1. The van der Waals surface area contributed by atoms with Gasteiger partial charge in [0.05, 0.1) is 9.83 Å². The van der Waals surface area contributed by atoms with E-state index >= 15 is 0 Å². The SMILES string of the molecule is CNC(c1cc(C)c(Br)s1)c1cccc(C)c1F. The Balaban J connectivity index is 2.48. The molecule has 0 saturated heterocycles. The molecular weight excluding hydrogens is 313 g/mol. The van der Waals surface area contributed by atoms with Gasteiger partial charge in [-0.25, -0.2) is 4.39 Å². The van der Waals surface area contributed by atoms with Crippen LogP contribution in [0.15, 0.2) is 28.1 Å². The summed E-state index contributed by atoms with van der Waals surface area (Å²) in [5.74, 6) is -0.126. The molecule has 2 rings (SSSR count). The van der Waals surface area contributed by atoms with Crippen LogP contribution in [-0.4, -0.2) is 7.05 Å². The fourth-order valence-corrected chi connectivity index (χ4v) is 3.67. The molecule has 0 spiro atoms. The van der Waals surface area contributed by atoms with Gasteiger partial charge in [0.1, 0.15) is 5.82 Å². The Bertz CT molecular complexity index is 545. The third kappa shape index (κ3) is 2.51. The van der Waals surface area contributed by atoms with Gasteiger partial charge in [0, 0.05) is 10.4 Å². The highest BCUT2D eigenvalue weighted by Gasteiger charge is 2.19. The van der Waals surface area contributed by atoms with Crippen molar-refractivity contribution in [2.75, 3.05) is 7.05 Å². The second kappa shape index (κ2) is 5.51. The van der Waals surface area contributed by atoms with Gasteiger partial charge < -0.3 is 5.32 Å². The average molecular weight is 328 g/mol. The van der Waals surface area contributed by atoms with Crippen LogP contribution in [0.1, 0.15) is 27.6 Å². The molecule has 1 atom stereocenters. The van der Waals surface area contributed by atoms with Gasteiger partial charge in [-0.2, -0.15) is 0 Å². The van der Waals surface area contributed by atoms with Crippen molar-refractivity contribution in [3.05, 3.63) is 55.4 Å². The van der Waals surface area contributed by atoms with E-state index in [0.29, 0.717) is 11.1 Å². The third-order valence-corrected chi connectivity index (χ3v) is 5.18. The Morgan fingerprint density at radius 2 is 2.00 bits per heavy atom. The monoisotopic (exact) mass is 327 g/mol. The van der Waals surface area contributed by atoms with Crippen LogP contribution in [0.3, 0.4) is 0 Å². The normalized spacial score (nSPS) is 12.7. The van der Waals surface area contributed by atoms with E-state index in [1.807, 2.05) is 26.1 Å². The quantitative estimate of drug-likeness (QED) is 0.870. The largest absolute Gasteiger partial charge is 0.309 e. The van der Waals surface area contributed by atoms with Crippen molar-refractivity contribution in [1.82, 2.24) is 5.32 Å². The van der Waals surface area contributed by atoms with Crippen molar-refractivity contribution < 1.29 is 4.39 Å². The fraction of sp³-hybridized carbons (Fsp3) is 0.286. The molecule has 1 heterocycles. The Labute approximate surface area is 119 Å². The molecule has 0 saturated carbocycles. The van der Waals surface area contributed by atoms with E-state index in [1.165, 1.54) is 5.56 Å². The van der Waals surface area contributed by atoms with Crippen LogP contribution in [0.4, 0.5) is 4.39 Å². The molecule has 1 unspecified atom stereocenters. The lowest BCUT2D eigenvalue weighted by Crippen LogP contribution is -2.18. The van der Waals surface area contributed by atoms with Crippen molar-refractivity contribution in [2.45, 2.75) is 19.9 Å². The van der Waals surface area contributed by atoms with Gasteiger partial charge in [0.15, 0.2) is 0 Å². The van der Waals surface area contributed by atoms with Crippen molar-refractivity contribution in [3.8, 4) is 0 Å². The molecule has 18 heavy (non-hydrogen) atoms. The summed E-state index contributed by atoms with van der Waals surface area (Å²) in [7, 11) is 1.86. The maximum Gasteiger partial charge on any atom is 0.131 e. The summed E-state index contributed by atoms with van der Waals surface area (Å²) in [6.45, 7) is 3.84. The molecule has 2 aromatic rings. The molecular formula is C14H15BrFNS. The topological polar surface area (TPSA) is 12.0 Å². The zero-order valence-corrected chi connectivity index (χ0v) is 13.0. The van der Waals surface area contributed by atoms with Gasteiger partial charge in [-0.3, -0.25) is 0 Å². The number of aryl methyl sites for hydroxylation is 2. The Morgan fingerprint density at radius 1 is 1.28 bits per heavy atom. The van der Waals surface area contributed by atoms with Crippen LogP contribution in [0.25, 0.3) is 0 Å². The zero-order chi connectivity index (χ0) is 13.3. The summed E-state index contributed by atoms with van der Waals surface area (Å²) in [6, 6.07) is 7.53. The molecule has 0 aliphatic rings. The van der Waals surface area contributed by atoms with Crippen LogP contribution >= 0.6 is 27.3 Å². The maximum atomic E-state index is 14.2. The summed E-state index contributed by atoms with van der Waals surface area (Å²) in [5, 5.41) is 3.19. The van der Waals surface area contributed by atoms with Crippen LogP contribution in [0, 0.1) is 19.7 Å². The van der Waals surface area contributed by atoms with Crippen LogP contribution in [0.5, 0.6) is 0 Å². The highest BCUT2D eigenvalue weighted by Crippen LogP contribution is 2.35. The molecule has 0 fully saturated rings. The maximum absolute atomic E-state index is 14.2. The van der Waals surface area contributed by atoms with Gasteiger partial charge in [-0.15, -0.1) is 11.3 Å². The predicted molar refractivity (Wildman–Crippen MR) is 78.8 cm³/mol. The van der Waals surface area contributed by atoms with E-state index in [1.54, 1.807) is 24.3 Å². The predicted octanol–water partition coefficient (Wildman–Crippen LogP) is 4.58. The van der Waals surface area contributed by atoms with Crippen LogP contribution < -0.4 is 5.32 Å². The van der Waals surface area contributed by atoms with E-state index in [4.69, 9.17) is 0 Å². The third-order valence-electron chi connectivity index (χ3n) is 2.98. The van der Waals surface area contributed by atoms with Crippen molar-refractivity contribution in [3.63, 3.8) is 0 Å². The molecule has 1 aromatic carbocycles. The molecule has 1 N–H and O–H groups in total. The second-order valence-electron chi connectivity index (χ2n) is 4.31. The summed E-state index contributed by atoms with van der Waals surface area (Å²) >= 11 is 5.16. The molecule has 1 nitrogen and oxygen atoms in total. The molecule has 4 heteroatoms. The Morgan fingerprint density at radius 3 is 2.56 bits per heavy atom. The Hall–Kier alpha value is -0.710. The van der Waals surface area contributed by atoms with Gasteiger partial charge in [-0.05, 0) is 54.0 Å². The first-order chi connectivity index (χ1) is 8.54. The first-order valence-corrected chi connectivity index (χ1v) is 7.33. The zero-order valence-electron chi connectivity index (χ0n) is 10.6. The van der Waals surface area contributed by atoms with Gasteiger partial charge in [0.2, 0.25) is 0 Å². The van der Waals surface area contributed by atoms with E-state index < -0.39 is 0 Å². The highest BCUT2D eigenvalue weighted by atomic mass is 79.9. The van der Waals surface area contributed by atoms with E-state index in [0.717, 1.165) is 8.66 Å². The first-order valence-electron chi connectivity index (χ1n) is 5.72. The minimum Gasteiger partial charge on any atom is -0.309 e. The number of rotatable bonds is 3. The lowest BCUT2D eigenvalue weighted by Gasteiger charge is -2.16. The number of nitrogens with one attached hydrogen (secondary N) is 1. The number of hydrogen-bond acceptors (Lipinski definition) is 2. The highest BCUT2D eigenvalue weighted by molar-refractivity contribution is 9.11. The van der Waals surface area contributed by atoms with E-state index in [9.17, 15) is 4.39 Å². The smallest absolute Gasteiger partial charge is 0.131 e. The molecule has 0 aliphatic carbocycles. The Kier molecular flexibility index (Phi) is 4.20. The number of hydrogen-bond donors (Lipinski definition) is 1. The lowest BCUT2D eigenvalue weighted by molar-refractivity contribution is 0.572. The van der Waals surface area contributed by atoms with Gasteiger partial charge >= 0.3 is 0 Å². The van der Waals surface area contributed by atoms with Crippen molar-refractivity contribution in [1.29, 1.82) is 0 Å². The summed E-state index contributed by atoms with van der Waals surface area (Å²) in [5.41, 5.74) is 2.56. The molecule has 0 radical (unpaired) electrons. The van der Waals surface area contributed by atoms with E-state index in [2.05, 4.69) is 27.3 Å². The van der Waals surface area contributed by atoms with Crippen molar-refractivity contribution in [2.24, 2.45) is 0 Å². The van der Waals surface area contributed by atoms with Gasteiger partial charge in [-0.1, -0.05) is 18.2 Å². The molecule has 0 amide bonds. The fourth-order valence-electron chi connectivity index (χ4n) is 1.97. The number of benzene rings is 1.